The summed E-state index contributed by atoms with van der Waals surface area (Å²) in [5.41, 5.74) is 0.526. The monoisotopic (exact) mass is 396 g/mol. The Morgan fingerprint density at radius 1 is 1.07 bits per heavy atom. The maximum absolute atomic E-state index is 13.2. The lowest BCUT2D eigenvalue weighted by Crippen LogP contribution is -2.41. The SMILES string of the molecule is COc1ccc(OC)c(NC(=O)[C@@H]2[C@@H](C(=O)NCc3ccco3)[C@@H]3C=C[C@@H]2C3)c1. The van der Waals surface area contributed by atoms with Gasteiger partial charge in [0, 0.05) is 6.07 Å². The molecule has 7 heteroatoms. The van der Waals surface area contributed by atoms with Crippen LogP contribution >= 0.6 is 0 Å². The van der Waals surface area contributed by atoms with Gasteiger partial charge in [0.1, 0.15) is 17.3 Å². The number of allylic oxidation sites excluding steroid dienone is 2. The molecule has 0 saturated heterocycles. The van der Waals surface area contributed by atoms with Gasteiger partial charge in [0.2, 0.25) is 11.8 Å². The highest BCUT2D eigenvalue weighted by atomic mass is 16.5. The van der Waals surface area contributed by atoms with E-state index in [0.29, 0.717) is 29.5 Å². The summed E-state index contributed by atoms with van der Waals surface area (Å²) in [5.74, 6) is 0.796. The number of furan rings is 1. The highest BCUT2D eigenvalue weighted by Gasteiger charge is 2.51. The van der Waals surface area contributed by atoms with E-state index in [0.717, 1.165) is 6.42 Å². The minimum absolute atomic E-state index is 0.0518. The summed E-state index contributed by atoms with van der Waals surface area (Å²) in [5, 5.41) is 5.85. The predicted octanol–water partition coefficient (Wildman–Crippen LogP) is 2.99. The highest BCUT2D eigenvalue weighted by Crippen LogP contribution is 2.48. The van der Waals surface area contributed by atoms with Crippen LogP contribution in [0.25, 0.3) is 0 Å². The number of fused-ring (bicyclic) bond motifs is 2. The van der Waals surface area contributed by atoms with Gasteiger partial charge in [-0.15, -0.1) is 0 Å². The molecule has 2 bridgehead atoms. The van der Waals surface area contributed by atoms with Gasteiger partial charge in [0.15, 0.2) is 0 Å². The Balaban J connectivity index is 1.50. The summed E-state index contributed by atoms with van der Waals surface area (Å²) in [6.45, 7) is 0.307. The van der Waals surface area contributed by atoms with Crippen molar-refractivity contribution in [2.24, 2.45) is 23.7 Å². The molecule has 1 saturated carbocycles. The second-order valence-corrected chi connectivity index (χ2v) is 7.35. The third-order valence-corrected chi connectivity index (χ3v) is 5.75. The van der Waals surface area contributed by atoms with Crippen LogP contribution in [0.5, 0.6) is 11.5 Å². The number of amides is 2. The number of nitrogens with one attached hydrogen (secondary N) is 2. The van der Waals surface area contributed by atoms with Gasteiger partial charge >= 0.3 is 0 Å². The Kier molecular flexibility index (Phi) is 5.29. The number of hydrogen-bond acceptors (Lipinski definition) is 5. The van der Waals surface area contributed by atoms with Crippen LogP contribution in [0.2, 0.25) is 0 Å². The molecule has 0 radical (unpaired) electrons. The molecule has 2 aliphatic rings. The lowest BCUT2D eigenvalue weighted by atomic mass is 9.81. The molecular formula is C22H24N2O5. The number of methoxy groups -OCH3 is 2. The minimum atomic E-state index is -0.433. The van der Waals surface area contributed by atoms with Crippen LogP contribution in [0.15, 0.2) is 53.2 Å². The van der Waals surface area contributed by atoms with E-state index in [1.807, 2.05) is 6.08 Å². The lowest BCUT2D eigenvalue weighted by molar-refractivity contribution is -0.133. The van der Waals surface area contributed by atoms with Gasteiger partial charge in [-0.05, 0) is 42.5 Å². The molecule has 2 aliphatic carbocycles. The molecule has 1 heterocycles. The first-order valence-electron chi connectivity index (χ1n) is 9.62. The number of anilines is 1. The van der Waals surface area contributed by atoms with Crippen molar-refractivity contribution in [3.05, 3.63) is 54.5 Å². The van der Waals surface area contributed by atoms with Gasteiger partial charge in [0.05, 0.1) is 44.6 Å². The molecule has 0 unspecified atom stereocenters. The number of carbonyl (C=O) groups excluding carboxylic acids is 2. The van der Waals surface area contributed by atoms with E-state index >= 15 is 0 Å². The molecule has 0 spiro atoms. The van der Waals surface area contributed by atoms with Crippen molar-refractivity contribution in [1.82, 2.24) is 5.32 Å². The second-order valence-electron chi connectivity index (χ2n) is 7.35. The molecule has 7 nitrogen and oxygen atoms in total. The Labute approximate surface area is 169 Å². The van der Waals surface area contributed by atoms with Crippen LogP contribution in [0, 0.1) is 23.7 Å². The molecule has 152 valence electrons. The molecule has 4 rings (SSSR count). The van der Waals surface area contributed by atoms with Crippen molar-refractivity contribution in [3.8, 4) is 11.5 Å². The quantitative estimate of drug-likeness (QED) is 0.703. The van der Waals surface area contributed by atoms with Crippen LogP contribution in [-0.2, 0) is 16.1 Å². The molecule has 1 fully saturated rings. The number of rotatable bonds is 7. The van der Waals surface area contributed by atoms with Gasteiger partial charge in [-0.25, -0.2) is 0 Å². The fourth-order valence-electron chi connectivity index (χ4n) is 4.37. The van der Waals surface area contributed by atoms with Gasteiger partial charge in [-0.2, -0.15) is 0 Å². The maximum Gasteiger partial charge on any atom is 0.229 e. The zero-order valence-electron chi connectivity index (χ0n) is 16.4. The topological polar surface area (TPSA) is 89.8 Å². The molecule has 2 aromatic rings. The van der Waals surface area contributed by atoms with Crippen molar-refractivity contribution in [2.75, 3.05) is 19.5 Å². The van der Waals surface area contributed by atoms with E-state index in [9.17, 15) is 9.59 Å². The average molecular weight is 396 g/mol. The predicted molar refractivity (Wildman–Crippen MR) is 106 cm³/mol. The number of carbonyl (C=O) groups is 2. The summed E-state index contributed by atoms with van der Waals surface area (Å²) >= 11 is 0. The Morgan fingerprint density at radius 3 is 2.48 bits per heavy atom. The van der Waals surface area contributed by atoms with Crippen LogP contribution in [0.3, 0.4) is 0 Å². The van der Waals surface area contributed by atoms with E-state index in [2.05, 4.69) is 16.7 Å². The molecular weight excluding hydrogens is 372 g/mol. The fourth-order valence-corrected chi connectivity index (χ4v) is 4.37. The molecule has 1 aromatic heterocycles. The Hall–Kier alpha value is -3.22. The van der Waals surface area contributed by atoms with Crippen molar-refractivity contribution in [2.45, 2.75) is 13.0 Å². The van der Waals surface area contributed by atoms with Crippen molar-refractivity contribution < 1.29 is 23.5 Å². The zero-order chi connectivity index (χ0) is 20.4. The van der Waals surface area contributed by atoms with E-state index in [1.54, 1.807) is 50.8 Å². The third-order valence-electron chi connectivity index (χ3n) is 5.75. The molecule has 4 atom stereocenters. The minimum Gasteiger partial charge on any atom is -0.497 e. The van der Waals surface area contributed by atoms with Gasteiger partial charge in [-0.1, -0.05) is 12.2 Å². The van der Waals surface area contributed by atoms with Crippen molar-refractivity contribution >= 4 is 17.5 Å². The standard InChI is InChI=1S/C22H24N2O5/c1-27-15-7-8-18(28-2)17(11-15)24-22(26)20-14-6-5-13(10-14)19(20)21(25)23-12-16-4-3-9-29-16/h3-9,11,13-14,19-20H,10,12H2,1-2H3,(H,23,25)(H,24,26)/t13-,14-,19+,20+/m1/s1. The number of hydrogen-bond donors (Lipinski definition) is 2. The molecule has 1 aromatic carbocycles. The molecule has 2 amide bonds. The first-order valence-corrected chi connectivity index (χ1v) is 9.62. The van der Waals surface area contributed by atoms with Gasteiger partial charge in [0.25, 0.3) is 0 Å². The highest BCUT2D eigenvalue weighted by molar-refractivity contribution is 5.98. The summed E-state index contributed by atoms with van der Waals surface area (Å²) in [7, 11) is 3.11. The number of benzene rings is 1. The Morgan fingerprint density at radius 2 is 1.83 bits per heavy atom. The van der Waals surface area contributed by atoms with Gasteiger partial charge in [-0.3, -0.25) is 9.59 Å². The first-order chi connectivity index (χ1) is 14.1. The van der Waals surface area contributed by atoms with Crippen LogP contribution in [0.4, 0.5) is 5.69 Å². The van der Waals surface area contributed by atoms with Crippen LogP contribution in [0.1, 0.15) is 12.2 Å². The normalized spacial score (nSPS) is 24.3. The Bertz CT molecular complexity index is 921. The average Bonchev–Trinajstić information content (AvgIpc) is 3.49. The van der Waals surface area contributed by atoms with Gasteiger partial charge < -0.3 is 24.5 Å². The maximum atomic E-state index is 13.2. The van der Waals surface area contributed by atoms with Crippen LogP contribution < -0.4 is 20.1 Å². The molecule has 29 heavy (non-hydrogen) atoms. The smallest absolute Gasteiger partial charge is 0.229 e. The number of ether oxygens (including phenoxy) is 2. The summed E-state index contributed by atoms with van der Waals surface area (Å²) in [6.07, 6.45) is 6.48. The lowest BCUT2D eigenvalue weighted by Gasteiger charge is -2.26. The third kappa shape index (κ3) is 3.72. The van der Waals surface area contributed by atoms with E-state index < -0.39 is 11.8 Å². The molecule has 0 aliphatic heterocycles. The first kappa shape index (κ1) is 19.1. The summed E-state index contributed by atoms with van der Waals surface area (Å²) < 4.78 is 15.9. The largest absolute Gasteiger partial charge is 0.497 e. The van der Waals surface area contributed by atoms with E-state index in [-0.39, 0.29) is 23.7 Å². The summed E-state index contributed by atoms with van der Waals surface area (Å²) in [4.78, 5) is 26.1. The van der Waals surface area contributed by atoms with Crippen LogP contribution in [-0.4, -0.2) is 26.0 Å². The second kappa shape index (κ2) is 8.03. The summed E-state index contributed by atoms with van der Waals surface area (Å²) in [6, 6.07) is 8.80. The van der Waals surface area contributed by atoms with Crippen molar-refractivity contribution in [1.29, 1.82) is 0 Å². The van der Waals surface area contributed by atoms with E-state index in [4.69, 9.17) is 13.9 Å². The zero-order valence-corrected chi connectivity index (χ0v) is 16.4. The molecule has 2 N–H and O–H groups in total. The fraction of sp³-hybridized carbons (Fsp3) is 0.364. The van der Waals surface area contributed by atoms with Crippen molar-refractivity contribution in [3.63, 3.8) is 0 Å². The van der Waals surface area contributed by atoms with E-state index in [1.165, 1.54) is 0 Å².